The number of aromatic amines is 2. The average molecular weight is 691 g/mol. The van der Waals surface area contributed by atoms with E-state index in [1.165, 1.54) is 0 Å². The van der Waals surface area contributed by atoms with Crippen LogP contribution in [-0.2, 0) is 16.1 Å². The summed E-state index contributed by atoms with van der Waals surface area (Å²) in [5, 5.41) is 2.07. The fourth-order valence-corrected chi connectivity index (χ4v) is 7.70. The maximum Gasteiger partial charge on any atom is 0.410 e. The quantitative estimate of drug-likeness (QED) is 0.193. The summed E-state index contributed by atoms with van der Waals surface area (Å²) >= 11 is 0. The zero-order valence-corrected chi connectivity index (χ0v) is 30.4. The molecular weight excluding hydrogens is 644 g/mol. The number of nitrogens with one attached hydrogen (secondary N) is 2. The molecule has 5 heterocycles. The third-order valence-corrected chi connectivity index (χ3v) is 9.92. The molecule has 266 valence electrons. The molecule has 3 aliphatic rings. The topological polar surface area (TPSA) is 126 Å². The van der Waals surface area contributed by atoms with E-state index in [0.717, 1.165) is 86.4 Å². The molecule has 3 aromatic carbocycles. The number of aromatic nitrogens is 4. The fourth-order valence-electron chi connectivity index (χ4n) is 7.70. The second kappa shape index (κ2) is 12.0. The summed E-state index contributed by atoms with van der Waals surface area (Å²) in [6, 6.07) is 14.5. The molecule has 2 amide bonds. The van der Waals surface area contributed by atoms with Gasteiger partial charge >= 0.3 is 12.2 Å². The predicted molar refractivity (Wildman–Crippen MR) is 195 cm³/mol. The molecule has 0 aliphatic carbocycles. The number of benzene rings is 3. The summed E-state index contributed by atoms with van der Waals surface area (Å²) in [5.74, 6) is 2.71. The molecule has 0 bridgehead atoms. The number of hydrogen-bond donors (Lipinski definition) is 2. The molecule has 8 rings (SSSR count). The lowest BCUT2D eigenvalue weighted by Crippen LogP contribution is -2.37. The number of likely N-dealkylation sites (tertiary alicyclic amines) is 2. The van der Waals surface area contributed by atoms with Gasteiger partial charge in [-0.05, 0) is 113 Å². The van der Waals surface area contributed by atoms with Gasteiger partial charge in [-0.3, -0.25) is 9.80 Å². The molecule has 11 nitrogen and oxygen atoms in total. The molecule has 0 radical (unpaired) electrons. The third kappa shape index (κ3) is 6.27. The highest BCUT2D eigenvalue weighted by Gasteiger charge is 2.39. The lowest BCUT2D eigenvalue weighted by atomic mass is 9.92. The van der Waals surface area contributed by atoms with Gasteiger partial charge in [0.25, 0.3) is 0 Å². The maximum atomic E-state index is 13.0. The van der Waals surface area contributed by atoms with E-state index in [9.17, 15) is 9.59 Å². The number of imidazole rings is 2. The highest BCUT2D eigenvalue weighted by molar-refractivity contribution is 6.07. The van der Waals surface area contributed by atoms with Gasteiger partial charge < -0.3 is 24.2 Å². The third-order valence-electron chi connectivity index (χ3n) is 9.92. The summed E-state index contributed by atoms with van der Waals surface area (Å²) in [6.45, 7) is 15.2. The van der Waals surface area contributed by atoms with Crippen molar-refractivity contribution in [2.45, 2.75) is 97.6 Å². The van der Waals surface area contributed by atoms with E-state index in [2.05, 4.69) is 59.4 Å². The first-order valence-corrected chi connectivity index (χ1v) is 18.0. The van der Waals surface area contributed by atoms with Crippen LogP contribution in [0.4, 0.5) is 9.59 Å². The number of ether oxygens (including phenoxy) is 3. The van der Waals surface area contributed by atoms with Crippen molar-refractivity contribution in [3.05, 3.63) is 65.9 Å². The van der Waals surface area contributed by atoms with Crippen LogP contribution in [-0.4, -0.2) is 66.2 Å². The summed E-state index contributed by atoms with van der Waals surface area (Å²) in [7, 11) is 0. The van der Waals surface area contributed by atoms with Crippen LogP contribution in [0, 0.1) is 5.92 Å². The van der Waals surface area contributed by atoms with Crippen LogP contribution in [0.1, 0.15) is 97.0 Å². The minimum absolute atomic E-state index is 0.158. The Morgan fingerprint density at radius 2 is 1.65 bits per heavy atom. The monoisotopic (exact) mass is 690 g/mol. The highest BCUT2D eigenvalue weighted by Crippen LogP contribution is 2.43. The van der Waals surface area contributed by atoms with Crippen LogP contribution in [0.25, 0.3) is 44.2 Å². The number of carbonyl (C=O) groups is 2. The van der Waals surface area contributed by atoms with Gasteiger partial charge in [0.2, 0.25) is 0 Å². The Labute approximate surface area is 297 Å². The number of hydrogen-bond acceptors (Lipinski definition) is 7. The van der Waals surface area contributed by atoms with Crippen molar-refractivity contribution < 1.29 is 23.8 Å². The number of fused-ring (bicyclic) bond motifs is 6. The Hall–Kier alpha value is -5.06. The van der Waals surface area contributed by atoms with Gasteiger partial charge in [-0.1, -0.05) is 25.1 Å². The van der Waals surface area contributed by atoms with Gasteiger partial charge in [0.05, 0.1) is 35.0 Å². The van der Waals surface area contributed by atoms with Crippen LogP contribution < -0.4 is 4.74 Å². The molecule has 5 aromatic rings. The van der Waals surface area contributed by atoms with Gasteiger partial charge in [0.1, 0.15) is 35.2 Å². The molecule has 2 fully saturated rings. The number of carbonyl (C=O) groups excluding carboxylic acids is 2. The van der Waals surface area contributed by atoms with Crippen molar-refractivity contribution in [3.8, 4) is 28.1 Å². The van der Waals surface area contributed by atoms with E-state index in [-0.39, 0.29) is 24.3 Å². The molecule has 3 aliphatic heterocycles. The number of rotatable bonds is 3. The molecule has 0 spiro atoms. The van der Waals surface area contributed by atoms with E-state index in [4.69, 9.17) is 24.2 Å². The molecule has 0 unspecified atom stereocenters. The molecule has 3 atom stereocenters. The first-order chi connectivity index (χ1) is 24.2. The minimum atomic E-state index is -0.561. The summed E-state index contributed by atoms with van der Waals surface area (Å²) < 4.78 is 17.8. The van der Waals surface area contributed by atoms with Crippen LogP contribution in [0.2, 0.25) is 0 Å². The van der Waals surface area contributed by atoms with Crippen molar-refractivity contribution in [2.24, 2.45) is 5.92 Å². The van der Waals surface area contributed by atoms with Gasteiger partial charge in [-0.2, -0.15) is 0 Å². The van der Waals surface area contributed by atoms with Crippen LogP contribution in [0.3, 0.4) is 0 Å². The van der Waals surface area contributed by atoms with Crippen molar-refractivity contribution in [3.63, 3.8) is 0 Å². The first-order valence-electron chi connectivity index (χ1n) is 18.0. The Bertz CT molecular complexity index is 2170. The standard InChI is InChI=1S/C40H46N6O5/c1-22-15-32(46(20-22)38(48)51-40(5,6)7)35-41-19-30(43-35)24-10-12-26-25(16-24)21-49-33-18-27-23(17-28(26)33)11-13-29-34(27)44-36(42-29)31-9-8-14-45(31)37(47)50-39(2,3)4/h10-13,16-19,22,31-32H,8-9,14-15,20-21H2,1-7H3,(H,41,43)(H,42,44)/t22-,31-,32-/m0/s1. The second-order valence-corrected chi connectivity index (χ2v) is 16.3. The Morgan fingerprint density at radius 1 is 0.882 bits per heavy atom. The van der Waals surface area contributed by atoms with Crippen LogP contribution in [0.15, 0.2) is 48.7 Å². The van der Waals surface area contributed by atoms with Crippen LogP contribution in [0.5, 0.6) is 5.75 Å². The van der Waals surface area contributed by atoms with E-state index in [1.54, 1.807) is 9.80 Å². The van der Waals surface area contributed by atoms with Gasteiger partial charge in [0.15, 0.2) is 0 Å². The first kappa shape index (κ1) is 33.1. The van der Waals surface area contributed by atoms with Gasteiger partial charge in [-0.25, -0.2) is 19.6 Å². The summed E-state index contributed by atoms with van der Waals surface area (Å²) in [6.07, 6.45) is 3.79. The van der Waals surface area contributed by atoms with E-state index in [0.29, 0.717) is 25.6 Å². The molecular formula is C40H46N6O5. The number of H-pyrrole nitrogens is 2. The Balaban J connectivity index is 1.06. The van der Waals surface area contributed by atoms with E-state index < -0.39 is 11.2 Å². The van der Waals surface area contributed by atoms with Crippen molar-refractivity contribution in [1.29, 1.82) is 0 Å². The lowest BCUT2D eigenvalue weighted by Gasteiger charge is -2.27. The lowest BCUT2D eigenvalue weighted by molar-refractivity contribution is 0.0206. The SMILES string of the molecule is C[C@H]1C[C@@H](c2ncc(-c3ccc4c(c3)COc3cc5c(ccc6[nH]c([C@@H]7CCCN7C(=O)OC(C)(C)C)nc65)cc3-4)[nH]2)N(C(=O)OC(C)(C)C)C1. The minimum Gasteiger partial charge on any atom is -0.488 e. The van der Waals surface area contributed by atoms with Crippen molar-refractivity contribution >= 4 is 34.0 Å². The van der Waals surface area contributed by atoms with E-state index in [1.807, 2.05) is 47.7 Å². The molecule has 2 N–H and O–H groups in total. The number of amides is 2. The summed E-state index contributed by atoms with van der Waals surface area (Å²) in [4.78, 5) is 46.4. The van der Waals surface area contributed by atoms with Crippen molar-refractivity contribution in [2.75, 3.05) is 13.1 Å². The molecule has 51 heavy (non-hydrogen) atoms. The Kier molecular flexibility index (Phi) is 7.81. The second-order valence-electron chi connectivity index (χ2n) is 16.3. The number of nitrogens with zero attached hydrogens (tertiary/aromatic N) is 4. The zero-order chi connectivity index (χ0) is 35.8. The largest absolute Gasteiger partial charge is 0.488 e. The summed E-state index contributed by atoms with van der Waals surface area (Å²) in [5.41, 5.74) is 5.83. The zero-order valence-electron chi connectivity index (χ0n) is 30.4. The maximum absolute atomic E-state index is 13.0. The normalized spacial score (nSPS) is 20.4. The van der Waals surface area contributed by atoms with E-state index >= 15 is 0 Å². The fraction of sp³-hybridized carbons (Fsp3) is 0.450. The molecule has 2 aromatic heterocycles. The van der Waals surface area contributed by atoms with Crippen molar-refractivity contribution in [1.82, 2.24) is 29.7 Å². The van der Waals surface area contributed by atoms with Crippen LogP contribution >= 0.6 is 0 Å². The highest BCUT2D eigenvalue weighted by atomic mass is 16.6. The smallest absolute Gasteiger partial charge is 0.410 e. The van der Waals surface area contributed by atoms with Gasteiger partial charge in [-0.15, -0.1) is 0 Å². The predicted octanol–water partition coefficient (Wildman–Crippen LogP) is 9.06. The molecule has 0 saturated carbocycles. The Morgan fingerprint density at radius 3 is 2.41 bits per heavy atom. The molecule has 2 saturated heterocycles. The van der Waals surface area contributed by atoms with Gasteiger partial charge in [0, 0.05) is 24.0 Å². The average Bonchev–Trinajstić information content (AvgIpc) is 3.87. The molecule has 11 heteroatoms.